The van der Waals surface area contributed by atoms with Crippen molar-refractivity contribution in [2.45, 2.75) is 57.9 Å². The second-order valence-electron chi connectivity index (χ2n) is 13.2. The van der Waals surface area contributed by atoms with Gasteiger partial charge in [0.15, 0.2) is 11.5 Å². The minimum atomic E-state index is -1.08. The van der Waals surface area contributed by atoms with E-state index in [0.717, 1.165) is 43.2 Å². The number of benzene rings is 2. The lowest BCUT2D eigenvalue weighted by atomic mass is 9.52. The number of phenols is 1. The van der Waals surface area contributed by atoms with Gasteiger partial charge in [-0.25, -0.2) is 4.90 Å². The highest BCUT2D eigenvalue weighted by atomic mass is 16.5. The molecule has 2 aromatic rings. The predicted octanol–water partition coefficient (Wildman–Crippen LogP) is 5.51. The highest BCUT2D eigenvalue weighted by Gasteiger charge is 2.67. The number of allylic oxidation sites excluding steroid dienone is 3. The van der Waals surface area contributed by atoms with Crippen LogP contribution in [-0.4, -0.2) is 46.8 Å². The fraction of sp³-hybridized carbons (Fsp3) is 0.444. The van der Waals surface area contributed by atoms with E-state index < -0.39 is 29.1 Å². The first-order valence-corrected chi connectivity index (χ1v) is 15.8. The Labute approximate surface area is 257 Å². The summed E-state index contributed by atoms with van der Waals surface area (Å²) in [5, 5.41) is 10.1. The van der Waals surface area contributed by atoms with Crippen molar-refractivity contribution in [2.75, 3.05) is 12.0 Å². The average molecular weight is 595 g/mol. The molecule has 3 aliphatic carbocycles. The molecule has 8 heteroatoms. The number of methoxy groups -OCH3 is 1. The number of nitrogens with zero attached hydrogens (tertiary/aromatic N) is 2. The Kier molecular flexibility index (Phi) is 6.98. The number of phenolic OH excluding ortho intramolecular Hbond substituents is 1. The number of likely N-dealkylation sites (tertiary alicyclic amines) is 1. The molecule has 0 aromatic heterocycles. The number of amides is 4. The van der Waals surface area contributed by atoms with E-state index in [2.05, 4.69) is 6.08 Å². The third kappa shape index (κ3) is 4.17. The second kappa shape index (κ2) is 10.8. The van der Waals surface area contributed by atoms with Gasteiger partial charge in [-0.05, 0) is 68.4 Å². The molecule has 228 valence electrons. The lowest BCUT2D eigenvalue weighted by molar-refractivity contribution is -0.144. The molecule has 0 radical (unpaired) electrons. The van der Waals surface area contributed by atoms with Crippen molar-refractivity contribution in [1.29, 1.82) is 0 Å². The summed E-state index contributed by atoms with van der Waals surface area (Å²) in [6, 6.07) is 14.0. The van der Waals surface area contributed by atoms with E-state index in [9.17, 15) is 24.3 Å². The van der Waals surface area contributed by atoms with Gasteiger partial charge in [-0.3, -0.25) is 24.1 Å². The van der Waals surface area contributed by atoms with Gasteiger partial charge in [0.2, 0.25) is 23.6 Å². The van der Waals surface area contributed by atoms with Crippen LogP contribution in [-0.2, 0) is 19.2 Å². The molecular formula is C36H38N2O6. The SMILES string of the molecule is COc1cc(C=C[C@H]2C3=CC[C@@H]4C(=O)N(C5CCCCC5)C(=O)[C@@H]4[C@@H]3C[C@H]3C(=O)N(c4ccccc4)C(=O)[C@@]23C)ccc1O. The minimum absolute atomic E-state index is 0.0254. The molecule has 2 saturated carbocycles. The quantitative estimate of drug-likeness (QED) is 0.362. The standard InChI is InChI=1S/C36H38N2O6/c1-36-27(17-13-21-14-18-29(39)30(19-21)44-2)24-15-16-25-31(34(42)37(32(25)40)22-9-5-3-6-10-22)26(24)20-28(36)33(41)38(35(36)43)23-11-7-4-8-12-23/h4,7-8,11-15,17-19,22,25-28,31,39H,3,5-6,9-10,16,20H2,1-2H3/t25-,26+,27-,28-,31-,36-/m0/s1. The zero-order valence-corrected chi connectivity index (χ0v) is 25.1. The Balaban J connectivity index is 1.31. The molecule has 44 heavy (non-hydrogen) atoms. The number of rotatable bonds is 5. The lowest BCUT2D eigenvalue weighted by Crippen LogP contribution is -2.49. The highest BCUT2D eigenvalue weighted by Crippen LogP contribution is 2.61. The zero-order chi connectivity index (χ0) is 30.7. The normalized spacial score (nSPS) is 32.1. The van der Waals surface area contributed by atoms with Crippen molar-refractivity contribution in [1.82, 2.24) is 4.90 Å². The summed E-state index contributed by atoms with van der Waals surface area (Å²) in [6.07, 6.45) is 11.6. The van der Waals surface area contributed by atoms with E-state index in [4.69, 9.17) is 4.74 Å². The topological polar surface area (TPSA) is 104 Å². The number of hydrogen-bond acceptors (Lipinski definition) is 6. The van der Waals surface area contributed by atoms with Crippen LogP contribution >= 0.6 is 0 Å². The number of imide groups is 2. The van der Waals surface area contributed by atoms with Gasteiger partial charge in [-0.2, -0.15) is 0 Å². The van der Waals surface area contributed by atoms with Crippen LogP contribution in [0.1, 0.15) is 57.4 Å². The van der Waals surface area contributed by atoms with E-state index >= 15 is 0 Å². The number of anilines is 1. The molecule has 0 bridgehead atoms. The Morgan fingerprint density at radius 3 is 2.41 bits per heavy atom. The molecule has 2 heterocycles. The van der Waals surface area contributed by atoms with Gasteiger partial charge in [0.1, 0.15) is 0 Å². The molecule has 2 saturated heterocycles. The van der Waals surface area contributed by atoms with Crippen molar-refractivity contribution in [2.24, 2.45) is 35.0 Å². The molecule has 0 spiro atoms. The molecule has 7 rings (SSSR count). The van der Waals surface area contributed by atoms with Crippen LogP contribution in [0.15, 0.2) is 66.3 Å². The molecule has 4 amide bonds. The Morgan fingerprint density at radius 1 is 0.932 bits per heavy atom. The van der Waals surface area contributed by atoms with E-state index in [1.807, 2.05) is 37.3 Å². The summed E-state index contributed by atoms with van der Waals surface area (Å²) in [6.45, 7) is 1.88. The summed E-state index contributed by atoms with van der Waals surface area (Å²) < 4.78 is 5.30. The average Bonchev–Trinajstić information content (AvgIpc) is 3.41. The number of carbonyl (C=O) groups excluding carboxylic acids is 4. The van der Waals surface area contributed by atoms with Crippen LogP contribution in [0.25, 0.3) is 6.08 Å². The van der Waals surface area contributed by atoms with Crippen LogP contribution in [0, 0.1) is 35.0 Å². The molecule has 6 atom stereocenters. The van der Waals surface area contributed by atoms with Crippen LogP contribution in [0.5, 0.6) is 11.5 Å². The highest BCUT2D eigenvalue weighted by molar-refractivity contribution is 6.24. The minimum Gasteiger partial charge on any atom is -0.504 e. The number of fused-ring (bicyclic) bond motifs is 4. The first-order chi connectivity index (χ1) is 21.3. The fourth-order valence-electron chi connectivity index (χ4n) is 8.77. The van der Waals surface area contributed by atoms with Gasteiger partial charge in [-0.15, -0.1) is 0 Å². The van der Waals surface area contributed by atoms with E-state index in [0.29, 0.717) is 24.3 Å². The van der Waals surface area contributed by atoms with Crippen LogP contribution < -0.4 is 9.64 Å². The summed E-state index contributed by atoms with van der Waals surface area (Å²) >= 11 is 0. The fourth-order valence-corrected chi connectivity index (χ4v) is 8.77. The molecule has 0 unspecified atom stereocenters. The number of aromatic hydroxyl groups is 1. The maximum Gasteiger partial charge on any atom is 0.241 e. The summed E-state index contributed by atoms with van der Waals surface area (Å²) in [5.41, 5.74) is 1.20. The first kappa shape index (κ1) is 28.6. The van der Waals surface area contributed by atoms with Crippen molar-refractivity contribution in [3.63, 3.8) is 0 Å². The van der Waals surface area contributed by atoms with E-state index in [1.165, 1.54) is 12.0 Å². The molecular weight excluding hydrogens is 556 g/mol. The molecule has 2 aliphatic heterocycles. The number of carbonyl (C=O) groups is 4. The van der Waals surface area contributed by atoms with Crippen LogP contribution in [0.2, 0.25) is 0 Å². The summed E-state index contributed by atoms with van der Waals surface area (Å²) in [4.78, 5) is 59.4. The van der Waals surface area contributed by atoms with Gasteiger partial charge < -0.3 is 9.84 Å². The molecule has 2 aromatic carbocycles. The maximum absolute atomic E-state index is 14.4. The zero-order valence-electron chi connectivity index (χ0n) is 25.1. The molecule has 5 aliphatic rings. The smallest absolute Gasteiger partial charge is 0.241 e. The summed E-state index contributed by atoms with van der Waals surface area (Å²) in [7, 11) is 1.49. The monoisotopic (exact) mass is 594 g/mol. The molecule has 8 nitrogen and oxygen atoms in total. The summed E-state index contributed by atoms with van der Waals surface area (Å²) in [5.74, 6) is -2.70. The van der Waals surface area contributed by atoms with Gasteiger partial charge in [0.25, 0.3) is 0 Å². The Morgan fingerprint density at radius 2 is 1.68 bits per heavy atom. The Bertz CT molecular complexity index is 1590. The van der Waals surface area contributed by atoms with Crippen molar-refractivity contribution in [3.05, 3.63) is 71.8 Å². The number of hydrogen-bond donors (Lipinski definition) is 1. The van der Waals surface area contributed by atoms with E-state index in [1.54, 1.807) is 35.2 Å². The Hall–Kier alpha value is -4.20. The molecule has 4 fully saturated rings. The third-order valence-electron chi connectivity index (χ3n) is 11.0. The number of para-hydroxylation sites is 1. The van der Waals surface area contributed by atoms with Gasteiger partial charge in [-0.1, -0.05) is 67.3 Å². The van der Waals surface area contributed by atoms with E-state index in [-0.39, 0.29) is 41.3 Å². The lowest BCUT2D eigenvalue weighted by Gasteiger charge is -2.48. The predicted molar refractivity (Wildman–Crippen MR) is 164 cm³/mol. The molecule has 1 N–H and O–H groups in total. The van der Waals surface area contributed by atoms with Crippen LogP contribution in [0.4, 0.5) is 5.69 Å². The maximum atomic E-state index is 14.4. The van der Waals surface area contributed by atoms with Gasteiger partial charge in [0.05, 0.1) is 36.0 Å². The largest absolute Gasteiger partial charge is 0.504 e. The second-order valence-corrected chi connectivity index (χ2v) is 13.2. The van der Waals surface area contributed by atoms with Crippen LogP contribution in [0.3, 0.4) is 0 Å². The third-order valence-corrected chi connectivity index (χ3v) is 11.0. The number of ether oxygens (including phenoxy) is 1. The van der Waals surface area contributed by atoms with Gasteiger partial charge >= 0.3 is 0 Å². The van der Waals surface area contributed by atoms with Gasteiger partial charge in [0, 0.05) is 12.0 Å². The van der Waals surface area contributed by atoms with Crippen molar-refractivity contribution in [3.8, 4) is 11.5 Å². The van der Waals surface area contributed by atoms with Crippen molar-refractivity contribution < 1.29 is 29.0 Å². The van der Waals surface area contributed by atoms with Crippen molar-refractivity contribution >= 4 is 35.4 Å². The first-order valence-electron chi connectivity index (χ1n) is 15.8.